The topological polar surface area (TPSA) is 36.3 Å². The third-order valence-electron chi connectivity index (χ3n) is 2.98. The Morgan fingerprint density at radius 3 is 2.50 bits per heavy atom. The first-order valence-corrected chi connectivity index (χ1v) is 6.35. The second-order valence-corrected chi connectivity index (χ2v) is 4.87. The highest BCUT2D eigenvalue weighted by Crippen LogP contribution is 2.15. The first-order chi connectivity index (χ1) is 8.56. The van der Waals surface area contributed by atoms with Crippen molar-refractivity contribution in [2.24, 2.45) is 0 Å². The standard InChI is InChI=1S/C14H19ClN2O/c1-11(13(3)15)4-5-12(2)14(10-16)17-6-8-18-9-7-17/h4-5,14H,2,6-9H2,1,3H3/b5-4-,13-11+. The van der Waals surface area contributed by atoms with Crippen LogP contribution in [0.1, 0.15) is 13.8 Å². The number of nitrogens with zero attached hydrogens (tertiary/aromatic N) is 2. The molecule has 1 saturated heterocycles. The summed E-state index contributed by atoms with van der Waals surface area (Å²) in [5.41, 5.74) is 1.77. The number of morpholine rings is 1. The third kappa shape index (κ3) is 4.30. The molecule has 0 aliphatic carbocycles. The van der Waals surface area contributed by atoms with Gasteiger partial charge >= 0.3 is 0 Å². The average molecular weight is 267 g/mol. The van der Waals surface area contributed by atoms with Gasteiger partial charge < -0.3 is 4.74 Å². The van der Waals surface area contributed by atoms with Gasteiger partial charge in [0, 0.05) is 18.1 Å². The maximum Gasteiger partial charge on any atom is 0.123 e. The van der Waals surface area contributed by atoms with Gasteiger partial charge in [-0.25, -0.2) is 0 Å². The van der Waals surface area contributed by atoms with E-state index in [1.807, 2.05) is 26.0 Å². The molecule has 3 nitrogen and oxygen atoms in total. The Morgan fingerprint density at radius 1 is 1.39 bits per heavy atom. The van der Waals surface area contributed by atoms with Crippen molar-refractivity contribution in [2.45, 2.75) is 19.9 Å². The van der Waals surface area contributed by atoms with Crippen LogP contribution in [0, 0.1) is 11.3 Å². The van der Waals surface area contributed by atoms with Crippen molar-refractivity contribution in [1.82, 2.24) is 4.90 Å². The molecule has 0 amide bonds. The lowest BCUT2D eigenvalue weighted by atomic mass is 10.1. The van der Waals surface area contributed by atoms with Gasteiger partial charge in [0.2, 0.25) is 0 Å². The molecule has 0 radical (unpaired) electrons. The van der Waals surface area contributed by atoms with E-state index in [2.05, 4.69) is 17.5 Å². The largest absolute Gasteiger partial charge is 0.379 e. The quantitative estimate of drug-likeness (QED) is 0.734. The summed E-state index contributed by atoms with van der Waals surface area (Å²) in [6, 6.07) is 2.01. The summed E-state index contributed by atoms with van der Waals surface area (Å²) in [5.74, 6) is 0. The number of hydrogen-bond donors (Lipinski definition) is 0. The molecule has 4 heteroatoms. The van der Waals surface area contributed by atoms with Crippen LogP contribution in [0.15, 0.2) is 34.9 Å². The van der Waals surface area contributed by atoms with Gasteiger partial charge in [-0.05, 0) is 25.0 Å². The molecule has 1 fully saturated rings. The minimum absolute atomic E-state index is 0.284. The molecule has 1 heterocycles. The van der Waals surface area contributed by atoms with Gasteiger partial charge in [0.05, 0.1) is 19.3 Å². The molecular formula is C14H19ClN2O. The van der Waals surface area contributed by atoms with Gasteiger partial charge in [0.1, 0.15) is 6.04 Å². The van der Waals surface area contributed by atoms with Crippen molar-refractivity contribution in [2.75, 3.05) is 26.3 Å². The monoisotopic (exact) mass is 266 g/mol. The number of allylic oxidation sites excluding steroid dienone is 3. The Hall–Kier alpha value is -1.08. The second-order valence-electron chi connectivity index (χ2n) is 4.30. The van der Waals surface area contributed by atoms with Crippen LogP contribution >= 0.6 is 11.6 Å². The van der Waals surface area contributed by atoms with E-state index in [9.17, 15) is 5.26 Å². The summed E-state index contributed by atoms with van der Waals surface area (Å²) in [5, 5.41) is 10.0. The zero-order valence-corrected chi connectivity index (χ0v) is 11.7. The molecule has 18 heavy (non-hydrogen) atoms. The van der Waals surface area contributed by atoms with Crippen molar-refractivity contribution in [3.63, 3.8) is 0 Å². The van der Waals surface area contributed by atoms with Gasteiger partial charge in [-0.1, -0.05) is 30.3 Å². The number of halogens is 1. The van der Waals surface area contributed by atoms with Crippen LogP contribution in [0.5, 0.6) is 0 Å². The molecular weight excluding hydrogens is 248 g/mol. The van der Waals surface area contributed by atoms with Crippen molar-refractivity contribution in [1.29, 1.82) is 5.26 Å². The van der Waals surface area contributed by atoms with E-state index in [4.69, 9.17) is 16.3 Å². The summed E-state index contributed by atoms with van der Waals surface area (Å²) in [6.07, 6.45) is 3.76. The molecule has 0 aromatic heterocycles. The van der Waals surface area contributed by atoms with Crippen LogP contribution in [-0.2, 0) is 4.74 Å². The Labute approximate surface area is 114 Å². The first-order valence-electron chi connectivity index (χ1n) is 5.97. The number of nitriles is 1. The second kappa shape index (κ2) is 7.38. The van der Waals surface area contributed by atoms with Gasteiger partial charge in [-0.15, -0.1) is 0 Å². The van der Waals surface area contributed by atoms with E-state index >= 15 is 0 Å². The van der Waals surface area contributed by atoms with Crippen LogP contribution in [0.4, 0.5) is 0 Å². The molecule has 0 bridgehead atoms. The zero-order chi connectivity index (χ0) is 13.5. The van der Waals surface area contributed by atoms with E-state index in [0.717, 1.165) is 29.3 Å². The Kier molecular flexibility index (Phi) is 6.14. The molecule has 1 aliphatic rings. The molecule has 0 aromatic rings. The first kappa shape index (κ1) is 15.0. The van der Waals surface area contributed by atoms with Gasteiger partial charge in [-0.2, -0.15) is 5.26 Å². The van der Waals surface area contributed by atoms with Gasteiger partial charge in [0.15, 0.2) is 0 Å². The maximum atomic E-state index is 9.26. The molecule has 1 unspecified atom stereocenters. The van der Waals surface area contributed by atoms with Crippen LogP contribution < -0.4 is 0 Å². The van der Waals surface area contributed by atoms with Crippen LogP contribution in [0.3, 0.4) is 0 Å². The van der Waals surface area contributed by atoms with Crippen LogP contribution in [0.25, 0.3) is 0 Å². The maximum absolute atomic E-state index is 9.26. The molecule has 1 atom stereocenters. The predicted octanol–water partition coefficient (Wildman–Crippen LogP) is 2.86. The SMILES string of the molecule is C=C(/C=C\C(C)=C(/C)Cl)C(C#N)N1CCOCC1. The van der Waals surface area contributed by atoms with Gasteiger partial charge in [-0.3, -0.25) is 4.90 Å². The van der Waals surface area contributed by atoms with Crippen LogP contribution in [-0.4, -0.2) is 37.2 Å². The lowest BCUT2D eigenvalue weighted by Crippen LogP contribution is -2.43. The summed E-state index contributed by atoms with van der Waals surface area (Å²) in [4.78, 5) is 2.09. The summed E-state index contributed by atoms with van der Waals surface area (Å²) >= 11 is 5.88. The van der Waals surface area contributed by atoms with E-state index < -0.39 is 0 Å². The summed E-state index contributed by atoms with van der Waals surface area (Å²) < 4.78 is 5.28. The van der Waals surface area contributed by atoms with Crippen molar-refractivity contribution >= 4 is 11.6 Å². The fourth-order valence-electron chi connectivity index (χ4n) is 1.67. The predicted molar refractivity (Wildman–Crippen MR) is 74.3 cm³/mol. The van der Waals surface area contributed by atoms with E-state index in [-0.39, 0.29) is 6.04 Å². The number of ether oxygens (including phenoxy) is 1. The van der Waals surface area contributed by atoms with Crippen molar-refractivity contribution < 1.29 is 4.74 Å². The lowest BCUT2D eigenvalue weighted by Gasteiger charge is -2.30. The van der Waals surface area contributed by atoms with E-state index in [1.54, 1.807) is 0 Å². The third-order valence-corrected chi connectivity index (χ3v) is 3.27. The molecule has 1 rings (SSSR count). The highest BCUT2D eigenvalue weighted by molar-refractivity contribution is 6.29. The highest BCUT2D eigenvalue weighted by atomic mass is 35.5. The molecule has 0 spiro atoms. The van der Waals surface area contributed by atoms with Crippen LogP contribution in [0.2, 0.25) is 0 Å². The normalized spacial score (nSPS) is 20.3. The fourth-order valence-corrected chi connectivity index (χ4v) is 1.74. The van der Waals surface area contributed by atoms with Crippen molar-refractivity contribution in [3.05, 3.63) is 34.9 Å². The summed E-state index contributed by atoms with van der Waals surface area (Å²) in [6.45, 7) is 10.6. The Bertz CT molecular complexity index is 397. The molecule has 98 valence electrons. The lowest BCUT2D eigenvalue weighted by molar-refractivity contribution is 0.0330. The number of hydrogen-bond acceptors (Lipinski definition) is 3. The fraction of sp³-hybridized carbons (Fsp3) is 0.500. The zero-order valence-electron chi connectivity index (χ0n) is 10.9. The molecule has 0 saturated carbocycles. The minimum Gasteiger partial charge on any atom is -0.379 e. The molecule has 1 aliphatic heterocycles. The highest BCUT2D eigenvalue weighted by Gasteiger charge is 2.21. The number of rotatable bonds is 4. The smallest absolute Gasteiger partial charge is 0.123 e. The van der Waals surface area contributed by atoms with Crippen molar-refractivity contribution in [3.8, 4) is 6.07 Å². The Morgan fingerprint density at radius 2 is 2.00 bits per heavy atom. The van der Waals surface area contributed by atoms with E-state index in [1.165, 1.54) is 0 Å². The molecule has 0 N–H and O–H groups in total. The summed E-state index contributed by atoms with van der Waals surface area (Å²) in [7, 11) is 0. The van der Waals surface area contributed by atoms with Gasteiger partial charge in [0.25, 0.3) is 0 Å². The van der Waals surface area contributed by atoms with E-state index in [0.29, 0.717) is 13.2 Å². The average Bonchev–Trinajstić information content (AvgIpc) is 2.38. The Balaban J connectivity index is 2.68. The minimum atomic E-state index is -0.284. The molecule has 0 aromatic carbocycles.